The number of Topliss-reactive ketones (excluding diaryl/α,β-unsaturated/α-hetero) is 3. The Morgan fingerprint density at radius 1 is 1.10 bits per heavy atom. The van der Waals surface area contributed by atoms with Gasteiger partial charge < -0.3 is 4.74 Å². The highest BCUT2D eigenvalue weighted by molar-refractivity contribution is 5.93. The van der Waals surface area contributed by atoms with Crippen LogP contribution in [0.15, 0.2) is 0 Å². The van der Waals surface area contributed by atoms with Crippen molar-refractivity contribution in [3.8, 4) is 0 Å². The summed E-state index contributed by atoms with van der Waals surface area (Å²) in [7, 11) is 1.41. The van der Waals surface area contributed by atoms with Crippen molar-refractivity contribution in [1.82, 2.24) is 0 Å². The maximum atomic E-state index is 13.7. The lowest BCUT2D eigenvalue weighted by Gasteiger charge is -2.58. The maximum Gasteiger partial charge on any atom is 0.305 e. The van der Waals surface area contributed by atoms with E-state index < -0.39 is 5.41 Å². The average molecular weight is 417 g/mol. The number of rotatable bonds is 4. The number of fused-ring (bicyclic) bond motifs is 5. The molecule has 0 radical (unpaired) electrons. The first-order valence-electron chi connectivity index (χ1n) is 11.8. The molecule has 30 heavy (non-hydrogen) atoms. The zero-order valence-electron chi connectivity index (χ0n) is 18.9. The molecule has 5 heteroatoms. The summed E-state index contributed by atoms with van der Waals surface area (Å²) < 4.78 is 4.80. The molecular formula is C25H36O5. The maximum absolute atomic E-state index is 13.7. The van der Waals surface area contributed by atoms with E-state index in [4.69, 9.17) is 4.74 Å². The van der Waals surface area contributed by atoms with Crippen molar-refractivity contribution in [2.75, 3.05) is 7.11 Å². The number of ketones is 3. The minimum Gasteiger partial charge on any atom is -0.469 e. The molecule has 0 spiro atoms. The van der Waals surface area contributed by atoms with E-state index in [0.717, 1.165) is 25.7 Å². The molecule has 0 aromatic carbocycles. The van der Waals surface area contributed by atoms with E-state index in [1.54, 1.807) is 0 Å². The Kier molecular flexibility index (Phi) is 5.47. The number of carbonyl (C=O) groups excluding carboxylic acids is 4. The van der Waals surface area contributed by atoms with E-state index >= 15 is 0 Å². The van der Waals surface area contributed by atoms with Gasteiger partial charge in [-0.3, -0.25) is 19.2 Å². The second-order valence-corrected chi connectivity index (χ2v) is 11.0. The molecule has 0 aliphatic heterocycles. The Morgan fingerprint density at radius 2 is 1.83 bits per heavy atom. The van der Waals surface area contributed by atoms with Crippen molar-refractivity contribution in [3.05, 3.63) is 0 Å². The third kappa shape index (κ3) is 3.10. The number of esters is 1. The summed E-state index contributed by atoms with van der Waals surface area (Å²) in [6, 6.07) is 0. The van der Waals surface area contributed by atoms with Crippen LogP contribution in [0.3, 0.4) is 0 Å². The minimum absolute atomic E-state index is 0.0417. The highest BCUT2D eigenvalue weighted by Crippen LogP contribution is 2.66. The van der Waals surface area contributed by atoms with Crippen molar-refractivity contribution in [2.45, 2.75) is 78.6 Å². The number of ether oxygens (including phenoxy) is 1. The second kappa shape index (κ2) is 7.56. The summed E-state index contributed by atoms with van der Waals surface area (Å²) in [4.78, 5) is 50.7. The van der Waals surface area contributed by atoms with Gasteiger partial charge in [0.15, 0.2) is 0 Å². The van der Waals surface area contributed by atoms with E-state index in [1.165, 1.54) is 7.11 Å². The van der Waals surface area contributed by atoms with Crippen LogP contribution in [0.5, 0.6) is 0 Å². The first kappa shape index (κ1) is 21.7. The van der Waals surface area contributed by atoms with Gasteiger partial charge >= 0.3 is 5.97 Å². The smallest absolute Gasteiger partial charge is 0.305 e. The molecule has 0 heterocycles. The van der Waals surface area contributed by atoms with Crippen molar-refractivity contribution in [3.63, 3.8) is 0 Å². The highest BCUT2D eigenvalue weighted by atomic mass is 16.5. The Bertz CT molecular complexity index is 772. The molecule has 0 aromatic heterocycles. The molecule has 0 aromatic rings. The molecule has 4 aliphatic rings. The Morgan fingerprint density at radius 3 is 2.53 bits per heavy atom. The fraction of sp³-hybridized carbons (Fsp3) is 0.840. The fourth-order valence-electron chi connectivity index (χ4n) is 8.04. The third-order valence-electron chi connectivity index (χ3n) is 9.94. The van der Waals surface area contributed by atoms with Crippen LogP contribution < -0.4 is 0 Å². The van der Waals surface area contributed by atoms with Crippen molar-refractivity contribution < 1.29 is 23.9 Å². The molecule has 5 nitrogen and oxygen atoms in total. The molecule has 6 unspecified atom stereocenters. The van der Waals surface area contributed by atoms with E-state index in [1.807, 2.05) is 0 Å². The zero-order valence-corrected chi connectivity index (χ0v) is 18.9. The fourth-order valence-corrected chi connectivity index (χ4v) is 8.04. The zero-order chi connectivity index (χ0) is 21.8. The van der Waals surface area contributed by atoms with Gasteiger partial charge in [0.1, 0.15) is 17.3 Å². The van der Waals surface area contributed by atoms with Gasteiger partial charge in [-0.25, -0.2) is 0 Å². The summed E-state index contributed by atoms with van der Waals surface area (Å²) in [6.07, 6.45) is 5.87. The van der Waals surface area contributed by atoms with Crippen LogP contribution >= 0.6 is 0 Å². The topological polar surface area (TPSA) is 77.5 Å². The van der Waals surface area contributed by atoms with E-state index in [0.29, 0.717) is 43.7 Å². The molecule has 4 rings (SSSR count). The Hall–Kier alpha value is -1.52. The van der Waals surface area contributed by atoms with Crippen LogP contribution in [0.1, 0.15) is 78.6 Å². The number of carbonyl (C=O) groups is 4. The Labute approximate surface area is 179 Å². The van der Waals surface area contributed by atoms with E-state index in [-0.39, 0.29) is 52.7 Å². The lowest BCUT2D eigenvalue weighted by atomic mass is 9.44. The number of methoxy groups -OCH3 is 1. The van der Waals surface area contributed by atoms with Crippen LogP contribution in [0.4, 0.5) is 0 Å². The van der Waals surface area contributed by atoms with Gasteiger partial charge in [-0.1, -0.05) is 20.8 Å². The SMILES string of the molecule is COC(=O)CCC(C)C1CC[C@H]2C3C(=O)CC4CC(=O)CCC4(C)[C@H]3CC(=O)C12C. The normalized spacial score (nSPS) is 44.1. The summed E-state index contributed by atoms with van der Waals surface area (Å²) in [5.41, 5.74) is -0.544. The molecule has 4 aliphatic carbocycles. The number of hydrogen-bond acceptors (Lipinski definition) is 5. The predicted molar refractivity (Wildman–Crippen MR) is 111 cm³/mol. The molecule has 4 saturated carbocycles. The first-order chi connectivity index (χ1) is 14.1. The summed E-state index contributed by atoms with van der Waals surface area (Å²) in [5, 5.41) is 0. The first-order valence-corrected chi connectivity index (χ1v) is 11.8. The summed E-state index contributed by atoms with van der Waals surface area (Å²) in [5.74, 6) is 1.41. The molecule has 4 fully saturated rings. The molecule has 0 saturated heterocycles. The van der Waals surface area contributed by atoms with Gasteiger partial charge in [-0.15, -0.1) is 0 Å². The van der Waals surface area contributed by atoms with Crippen LogP contribution in [0, 0.1) is 46.3 Å². The van der Waals surface area contributed by atoms with E-state index in [9.17, 15) is 19.2 Å². The highest BCUT2D eigenvalue weighted by Gasteiger charge is 2.66. The van der Waals surface area contributed by atoms with Crippen LogP contribution in [-0.4, -0.2) is 30.4 Å². The summed E-state index contributed by atoms with van der Waals surface area (Å²) in [6.45, 7) is 6.50. The second-order valence-electron chi connectivity index (χ2n) is 11.0. The van der Waals surface area contributed by atoms with Gasteiger partial charge in [-0.05, 0) is 60.7 Å². The molecule has 0 bridgehead atoms. The molecular weight excluding hydrogens is 380 g/mol. The predicted octanol–water partition coefficient (Wildman–Crippen LogP) is 4.16. The molecule has 8 atom stereocenters. The lowest BCUT2D eigenvalue weighted by Crippen LogP contribution is -2.60. The van der Waals surface area contributed by atoms with Crippen LogP contribution in [0.25, 0.3) is 0 Å². The monoisotopic (exact) mass is 416 g/mol. The standard InChI is InChI=1S/C25H36O5/c1-14(5-8-22(29)30-4)17-6-7-18-23-19(13-21(28)25(17,18)3)24(2)10-9-16(26)11-15(24)12-20(23)27/h14-15,17-19,23H,5-13H2,1-4H3/t14?,15?,17?,18-,19-,23?,24?,25?/m0/s1. The average Bonchev–Trinajstić information content (AvgIpc) is 3.06. The van der Waals surface area contributed by atoms with Crippen LogP contribution in [0.2, 0.25) is 0 Å². The largest absolute Gasteiger partial charge is 0.469 e. The Balaban J connectivity index is 1.60. The van der Waals surface area contributed by atoms with Crippen molar-refractivity contribution >= 4 is 23.3 Å². The molecule has 0 amide bonds. The van der Waals surface area contributed by atoms with Gasteiger partial charge in [-0.2, -0.15) is 0 Å². The molecule has 0 N–H and O–H groups in total. The van der Waals surface area contributed by atoms with Crippen molar-refractivity contribution in [1.29, 1.82) is 0 Å². The summed E-state index contributed by atoms with van der Waals surface area (Å²) >= 11 is 0. The minimum atomic E-state index is -0.472. The van der Waals surface area contributed by atoms with E-state index in [2.05, 4.69) is 20.8 Å². The van der Waals surface area contributed by atoms with Gasteiger partial charge in [0, 0.05) is 43.4 Å². The van der Waals surface area contributed by atoms with Gasteiger partial charge in [0.2, 0.25) is 0 Å². The molecule has 166 valence electrons. The number of hydrogen-bond donors (Lipinski definition) is 0. The van der Waals surface area contributed by atoms with Crippen LogP contribution in [-0.2, 0) is 23.9 Å². The van der Waals surface area contributed by atoms with Gasteiger partial charge in [0.25, 0.3) is 0 Å². The quantitative estimate of drug-likeness (QED) is 0.643. The van der Waals surface area contributed by atoms with Crippen molar-refractivity contribution in [2.24, 2.45) is 46.3 Å². The lowest BCUT2D eigenvalue weighted by molar-refractivity contribution is -0.166. The third-order valence-corrected chi connectivity index (χ3v) is 9.94. The van der Waals surface area contributed by atoms with Gasteiger partial charge in [0.05, 0.1) is 7.11 Å².